The number of guanidine groups is 1. The van der Waals surface area contributed by atoms with E-state index in [-0.39, 0.29) is 5.75 Å². The van der Waals surface area contributed by atoms with Crippen molar-refractivity contribution < 1.29 is 13.5 Å². The van der Waals surface area contributed by atoms with Gasteiger partial charge in [0, 0.05) is 27.2 Å². The van der Waals surface area contributed by atoms with Gasteiger partial charge in [0.15, 0.2) is 5.96 Å². The van der Waals surface area contributed by atoms with E-state index in [2.05, 4.69) is 21.1 Å². The van der Waals surface area contributed by atoms with Crippen LogP contribution < -0.4 is 10.1 Å². The van der Waals surface area contributed by atoms with Crippen molar-refractivity contribution in [3.05, 3.63) is 42.0 Å². The summed E-state index contributed by atoms with van der Waals surface area (Å²) in [4.78, 5) is 6.19. The van der Waals surface area contributed by atoms with Gasteiger partial charge in [-0.15, -0.1) is 0 Å². The van der Waals surface area contributed by atoms with Crippen LogP contribution in [0.3, 0.4) is 0 Å². The molecule has 0 amide bonds. The molecule has 0 aliphatic carbocycles. The molecule has 6 heteroatoms. The van der Waals surface area contributed by atoms with Crippen LogP contribution in [0.25, 0.3) is 0 Å². The lowest BCUT2D eigenvalue weighted by Crippen LogP contribution is -2.38. The molecule has 0 unspecified atom stereocenters. The van der Waals surface area contributed by atoms with Crippen LogP contribution in [0.15, 0.2) is 41.4 Å². The van der Waals surface area contributed by atoms with Gasteiger partial charge in [0.1, 0.15) is 5.75 Å². The molecule has 0 saturated heterocycles. The third-order valence-corrected chi connectivity index (χ3v) is 2.97. The Bertz CT molecular complexity index is 487. The second-order valence-corrected chi connectivity index (χ2v) is 4.71. The summed E-state index contributed by atoms with van der Waals surface area (Å²) in [6.45, 7) is 0.622. The Kier molecular flexibility index (Phi) is 7.96. The molecule has 0 atom stereocenters. The normalized spacial score (nSPS) is 12.0. The van der Waals surface area contributed by atoms with Crippen LogP contribution in [0.5, 0.6) is 5.75 Å². The van der Waals surface area contributed by atoms with E-state index in [4.69, 9.17) is 0 Å². The van der Waals surface area contributed by atoms with E-state index in [1.165, 1.54) is 12.1 Å². The van der Waals surface area contributed by atoms with E-state index in [1.807, 2.05) is 24.9 Å². The summed E-state index contributed by atoms with van der Waals surface area (Å²) in [5.41, 5.74) is 0.987. The van der Waals surface area contributed by atoms with Crippen LogP contribution in [0, 0.1) is 0 Å². The molecule has 1 aromatic carbocycles. The molecule has 122 valence electrons. The highest BCUT2D eigenvalue weighted by Gasteiger charge is 2.07. The lowest BCUT2D eigenvalue weighted by atomic mass is 10.2. The number of rotatable bonds is 7. The topological polar surface area (TPSA) is 36.9 Å². The smallest absolute Gasteiger partial charge is 0.387 e. The number of ether oxygens (including phenoxy) is 1. The fraction of sp³-hybridized carbons (Fsp3) is 0.438. The minimum Gasteiger partial charge on any atom is -0.435 e. The maximum Gasteiger partial charge on any atom is 0.387 e. The van der Waals surface area contributed by atoms with Gasteiger partial charge in [-0.2, -0.15) is 8.78 Å². The standard InChI is InChI=1S/C16H23F2N3O/c1-4-5-6-11-20-16(19-2)21(3)12-13-7-9-14(10-8-13)22-15(17)18/h4-5,7-10,15H,6,11-12H2,1-3H3,(H,19,20)/b5-4+. The summed E-state index contributed by atoms with van der Waals surface area (Å²) in [6, 6.07) is 6.61. The first-order chi connectivity index (χ1) is 10.6. The van der Waals surface area contributed by atoms with Gasteiger partial charge in [-0.3, -0.25) is 4.99 Å². The predicted octanol–water partition coefficient (Wildman–Crippen LogP) is 3.26. The minimum absolute atomic E-state index is 0.162. The second-order valence-electron chi connectivity index (χ2n) is 4.71. The molecule has 1 rings (SSSR count). The van der Waals surface area contributed by atoms with Crippen molar-refractivity contribution in [2.75, 3.05) is 20.6 Å². The number of hydrogen-bond acceptors (Lipinski definition) is 2. The number of nitrogens with one attached hydrogen (secondary N) is 1. The van der Waals surface area contributed by atoms with Crippen molar-refractivity contribution in [2.45, 2.75) is 26.5 Å². The summed E-state index contributed by atoms with van der Waals surface area (Å²) in [5, 5.41) is 3.26. The van der Waals surface area contributed by atoms with Gasteiger partial charge in [-0.25, -0.2) is 0 Å². The summed E-state index contributed by atoms with van der Waals surface area (Å²) < 4.78 is 28.5. The zero-order chi connectivity index (χ0) is 16.4. The lowest BCUT2D eigenvalue weighted by molar-refractivity contribution is -0.0498. The van der Waals surface area contributed by atoms with E-state index in [0.717, 1.165) is 24.5 Å². The van der Waals surface area contributed by atoms with E-state index in [1.54, 1.807) is 19.2 Å². The Morgan fingerprint density at radius 1 is 1.36 bits per heavy atom. The maximum absolute atomic E-state index is 12.1. The van der Waals surface area contributed by atoms with Gasteiger partial charge in [0.05, 0.1) is 0 Å². The van der Waals surface area contributed by atoms with Crippen molar-refractivity contribution >= 4 is 5.96 Å². The monoisotopic (exact) mass is 311 g/mol. The molecule has 4 nitrogen and oxygen atoms in total. The van der Waals surface area contributed by atoms with Gasteiger partial charge in [-0.1, -0.05) is 24.3 Å². The molecular formula is C16H23F2N3O. The van der Waals surface area contributed by atoms with Crippen molar-refractivity contribution in [1.82, 2.24) is 10.2 Å². The number of hydrogen-bond donors (Lipinski definition) is 1. The number of halogens is 2. The largest absolute Gasteiger partial charge is 0.435 e. The molecule has 0 fully saturated rings. The van der Waals surface area contributed by atoms with Crippen molar-refractivity contribution in [1.29, 1.82) is 0 Å². The first kappa shape index (κ1) is 17.9. The molecule has 0 radical (unpaired) electrons. The fourth-order valence-electron chi connectivity index (χ4n) is 1.94. The zero-order valence-electron chi connectivity index (χ0n) is 13.2. The van der Waals surface area contributed by atoms with E-state index >= 15 is 0 Å². The Morgan fingerprint density at radius 3 is 2.59 bits per heavy atom. The molecule has 1 aromatic rings. The molecule has 0 bridgehead atoms. The molecular weight excluding hydrogens is 288 g/mol. The summed E-state index contributed by atoms with van der Waals surface area (Å²) in [6.07, 6.45) is 5.03. The van der Waals surface area contributed by atoms with Gasteiger partial charge in [-0.05, 0) is 31.0 Å². The highest BCUT2D eigenvalue weighted by Crippen LogP contribution is 2.15. The number of alkyl halides is 2. The van der Waals surface area contributed by atoms with Crippen molar-refractivity contribution in [3.63, 3.8) is 0 Å². The van der Waals surface area contributed by atoms with E-state index < -0.39 is 6.61 Å². The highest BCUT2D eigenvalue weighted by molar-refractivity contribution is 5.79. The third-order valence-electron chi connectivity index (χ3n) is 2.97. The average molecular weight is 311 g/mol. The molecule has 0 aromatic heterocycles. The van der Waals surface area contributed by atoms with Crippen LogP contribution in [-0.2, 0) is 6.54 Å². The van der Waals surface area contributed by atoms with Gasteiger partial charge >= 0.3 is 6.61 Å². The zero-order valence-corrected chi connectivity index (χ0v) is 13.2. The quantitative estimate of drug-likeness (QED) is 0.363. The van der Waals surface area contributed by atoms with E-state index in [0.29, 0.717) is 6.54 Å². The van der Waals surface area contributed by atoms with Crippen molar-refractivity contribution in [2.24, 2.45) is 4.99 Å². The molecule has 1 N–H and O–H groups in total. The molecule has 0 aliphatic heterocycles. The average Bonchev–Trinajstić information content (AvgIpc) is 2.49. The molecule has 22 heavy (non-hydrogen) atoms. The Labute approximate surface area is 130 Å². The Hall–Kier alpha value is -2.11. The summed E-state index contributed by atoms with van der Waals surface area (Å²) in [7, 11) is 3.66. The van der Waals surface area contributed by atoms with Crippen LogP contribution in [0.2, 0.25) is 0 Å². The molecule has 0 spiro atoms. The lowest BCUT2D eigenvalue weighted by Gasteiger charge is -2.22. The SMILES string of the molecule is C/C=C/CCNC(=NC)N(C)Cc1ccc(OC(F)F)cc1. The van der Waals surface area contributed by atoms with Crippen molar-refractivity contribution in [3.8, 4) is 5.75 Å². The number of allylic oxidation sites excluding steroid dienone is 1. The minimum atomic E-state index is -2.80. The van der Waals surface area contributed by atoms with Crippen LogP contribution in [0.4, 0.5) is 8.78 Å². The summed E-state index contributed by atoms with van der Waals surface area (Å²) in [5.74, 6) is 0.952. The number of nitrogens with zero attached hydrogens (tertiary/aromatic N) is 2. The predicted molar refractivity (Wildman–Crippen MR) is 85.3 cm³/mol. The molecule has 0 heterocycles. The Morgan fingerprint density at radius 2 is 2.05 bits per heavy atom. The highest BCUT2D eigenvalue weighted by atomic mass is 19.3. The van der Waals surface area contributed by atoms with Crippen LogP contribution >= 0.6 is 0 Å². The van der Waals surface area contributed by atoms with Gasteiger partial charge in [0.25, 0.3) is 0 Å². The first-order valence-electron chi connectivity index (χ1n) is 7.13. The number of benzene rings is 1. The molecule has 0 aliphatic rings. The molecule has 0 saturated carbocycles. The first-order valence-corrected chi connectivity index (χ1v) is 7.13. The van der Waals surface area contributed by atoms with Gasteiger partial charge < -0.3 is 15.0 Å². The third kappa shape index (κ3) is 6.56. The van der Waals surface area contributed by atoms with Crippen LogP contribution in [-0.4, -0.2) is 38.1 Å². The second kappa shape index (κ2) is 9.76. The van der Waals surface area contributed by atoms with Gasteiger partial charge in [0.2, 0.25) is 0 Å². The Balaban J connectivity index is 2.53. The maximum atomic E-state index is 12.1. The van der Waals surface area contributed by atoms with Crippen LogP contribution in [0.1, 0.15) is 18.9 Å². The summed E-state index contributed by atoms with van der Waals surface area (Å²) >= 11 is 0. The number of aliphatic imine (C=N–C) groups is 1. The van der Waals surface area contributed by atoms with E-state index in [9.17, 15) is 8.78 Å². The fourth-order valence-corrected chi connectivity index (χ4v) is 1.94.